The highest BCUT2D eigenvalue weighted by molar-refractivity contribution is 8.16. The second-order valence-electron chi connectivity index (χ2n) is 5.29. The Kier molecular flexibility index (Phi) is 5.28. The standard InChI is InChI=1S/C14H24OS2/c1-3-16-14(17-4-2)8-12-10-5-6-11(7-10)13(12)9-15/h9-14H,3-8H2,1-2H3/t10-,11+,12-,13+/m1/s1. The lowest BCUT2D eigenvalue weighted by molar-refractivity contribution is -0.114. The zero-order valence-corrected chi connectivity index (χ0v) is 12.6. The van der Waals surface area contributed by atoms with E-state index in [1.165, 1.54) is 43.5 Å². The maximum absolute atomic E-state index is 11.3. The van der Waals surface area contributed by atoms with Crippen LogP contribution in [0.3, 0.4) is 0 Å². The van der Waals surface area contributed by atoms with E-state index in [1.54, 1.807) is 0 Å². The number of carbonyl (C=O) groups excluding carboxylic acids is 1. The molecule has 2 saturated carbocycles. The van der Waals surface area contributed by atoms with Crippen LogP contribution < -0.4 is 0 Å². The van der Waals surface area contributed by atoms with E-state index in [0.29, 0.717) is 11.8 Å². The Morgan fingerprint density at radius 2 is 1.82 bits per heavy atom. The van der Waals surface area contributed by atoms with Crippen LogP contribution in [0.15, 0.2) is 0 Å². The number of carbonyl (C=O) groups is 1. The first-order valence-corrected chi connectivity index (χ1v) is 9.08. The van der Waals surface area contributed by atoms with Crippen LogP contribution in [0.2, 0.25) is 0 Å². The van der Waals surface area contributed by atoms with Gasteiger partial charge in [-0.2, -0.15) is 0 Å². The minimum absolute atomic E-state index is 0.395. The highest BCUT2D eigenvalue weighted by Gasteiger charge is 2.47. The molecule has 0 spiro atoms. The zero-order chi connectivity index (χ0) is 12.3. The van der Waals surface area contributed by atoms with Gasteiger partial charge in [-0.05, 0) is 54.9 Å². The largest absolute Gasteiger partial charge is 0.303 e. The van der Waals surface area contributed by atoms with Crippen LogP contribution in [-0.4, -0.2) is 22.4 Å². The van der Waals surface area contributed by atoms with Crippen LogP contribution in [0, 0.1) is 23.7 Å². The molecule has 0 aromatic carbocycles. The average molecular weight is 272 g/mol. The molecule has 2 fully saturated rings. The van der Waals surface area contributed by atoms with Crippen molar-refractivity contribution in [3.05, 3.63) is 0 Å². The Bertz CT molecular complexity index is 251. The van der Waals surface area contributed by atoms with Gasteiger partial charge in [0, 0.05) is 5.92 Å². The molecule has 0 aromatic heterocycles. The lowest BCUT2D eigenvalue weighted by Gasteiger charge is -2.30. The van der Waals surface area contributed by atoms with E-state index >= 15 is 0 Å². The molecule has 1 nitrogen and oxygen atoms in total. The average Bonchev–Trinajstić information content (AvgIpc) is 2.90. The molecule has 2 bridgehead atoms. The Labute approximate surface area is 114 Å². The molecule has 0 radical (unpaired) electrons. The molecular formula is C14H24OS2. The van der Waals surface area contributed by atoms with E-state index in [1.807, 2.05) is 0 Å². The monoisotopic (exact) mass is 272 g/mol. The molecule has 0 aliphatic heterocycles. The fourth-order valence-corrected chi connectivity index (χ4v) is 6.46. The lowest BCUT2D eigenvalue weighted by atomic mass is 9.79. The first-order valence-electron chi connectivity index (χ1n) is 6.98. The predicted molar refractivity (Wildman–Crippen MR) is 78.5 cm³/mol. The van der Waals surface area contributed by atoms with Crippen LogP contribution in [0.4, 0.5) is 0 Å². The third kappa shape index (κ3) is 3.04. The Hall–Kier alpha value is 0.370. The van der Waals surface area contributed by atoms with Crippen molar-refractivity contribution in [2.75, 3.05) is 11.5 Å². The topological polar surface area (TPSA) is 17.1 Å². The third-order valence-electron chi connectivity index (χ3n) is 4.48. The van der Waals surface area contributed by atoms with Gasteiger partial charge in [0.05, 0.1) is 4.58 Å². The van der Waals surface area contributed by atoms with Crippen molar-refractivity contribution in [1.29, 1.82) is 0 Å². The lowest BCUT2D eigenvalue weighted by Crippen LogP contribution is -2.26. The van der Waals surface area contributed by atoms with Crippen molar-refractivity contribution < 1.29 is 4.79 Å². The summed E-state index contributed by atoms with van der Waals surface area (Å²) in [5.41, 5.74) is 0. The molecular weight excluding hydrogens is 248 g/mol. The van der Waals surface area contributed by atoms with Crippen LogP contribution >= 0.6 is 23.5 Å². The van der Waals surface area contributed by atoms with Gasteiger partial charge in [0.25, 0.3) is 0 Å². The first-order chi connectivity index (χ1) is 8.30. The number of aldehydes is 1. The van der Waals surface area contributed by atoms with Crippen molar-refractivity contribution >= 4 is 29.8 Å². The molecule has 2 aliphatic rings. The third-order valence-corrected chi connectivity index (χ3v) is 7.10. The highest BCUT2D eigenvalue weighted by Crippen LogP contribution is 2.54. The van der Waals surface area contributed by atoms with Gasteiger partial charge in [0.15, 0.2) is 0 Å². The fourth-order valence-electron chi connectivity index (χ4n) is 3.79. The van der Waals surface area contributed by atoms with Gasteiger partial charge in [-0.25, -0.2) is 0 Å². The van der Waals surface area contributed by atoms with Crippen molar-refractivity contribution in [3.63, 3.8) is 0 Å². The van der Waals surface area contributed by atoms with Crippen molar-refractivity contribution in [2.45, 2.75) is 44.1 Å². The van der Waals surface area contributed by atoms with E-state index in [4.69, 9.17) is 0 Å². The first kappa shape index (κ1) is 13.8. The minimum Gasteiger partial charge on any atom is -0.303 e. The molecule has 2 rings (SSSR count). The van der Waals surface area contributed by atoms with E-state index in [2.05, 4.69) is 37.4 Å². The Morgan fingerprint density at radius 3 is 2.41 bits per heavy atom. The van der Waals surface area contributed by atoms with Gasteiger partial charge in [0.1, 0.15) is 6.29 Å². The Balaban J connectivity index is 1.93. The van der Waals surface area contributed by atoms with Crippen LogP contribution in [-0.2, 0) is 4.79 Å². The summed E-state index contributed by atoms with van der Waals surface area (Å²) in [7, 11) is 0. The smallest absolute Gasteiger partial charge is 0.123 e. The predicted octanol–water partition coefficient (Wildman–Crippen LogP) is 4.07. The van der Waals surface area contributed by atoms with Gasteiger partial charge < -0.3 is 4.79 Å². The van der Waals surface area contributed by atoms with E-state index in [-0.39, 0.29) is 0 Å². The van der Waals surface area contributed by atoms with E-state index in [9.17, 15) is 4.79 Å². The van der Waals surface area contributed by atoms with Gasteiger partial charge in [-0.15, -0.1) is 23.5 Å². The molecule has 98 valence electrons. The van der Waals surface area contributed by atoms with E-state index in [0.717, 1.165) is 16.4 Å². The molecule has 3 heteroatoms. The van der Waals surface area contributed by atoms with Crippen LogP contribution in [0.5, 0.6) is 0 Å². The molecule has 17 heavy (non-hydrogen) atoms. The quantitative estimate of drug-likeness (QED) is 0.514. The molecule has 4 atom stereocenters. The van der Waals surface area contributed by atoms with Gasteiger partial charge in [0.2, 0.25) is 0 Å². The molecule has 0 N–H and O–H groups in total. The minimum atomic E-state index is 0.395. The second kappa shape index (κ2) is 6.51. The molecule has 0 heterocycles. The van der Waals surface area contributed by atoms with Crippen LogP contribution in [0.1, 0.15) is 39.5 Å². The molecule has 0 saturated heterocycles. The van der Waals surface area contributed by atoms with Gasteiger partial charge >= 0.3 is 0 Å². The zero-order valence-electron chi connectivity index (χ0n) is 10.9. The maximum atomic E-state index is 11.3. The van der Waals surface area contributed by atoms with Crippen molar-refractivity contribution in [1.82, 2.24) is 0 Å². The summed E-state index contributed by atoms with van der Waals surface area (Å²) in [4.78, 5) is 11.3. The van der Waals surface area contributed by atoms with E-state index < -0.39 is 0 Å². The molecule has 2 aliphatic carbocycles. The summed E-state index contributed by atoms with van der Waals surface area (Å²) >= 11 is 4.15. The SMILES string of the molecule is CCSC(C[C@@H]1[C@@H]2CC[C@@H](C2)[C@@H]1C=O)SCC. The summed E-state index contributed by atoms with van der Waals surface area (Å²) in [6.45, 7) is 4.48. The number of rotatable bonds is 7. The van der Waals surface area contributed by atoms with Gasteiger partial charge in [-0.3, -0.25) is 0 Å². The summed E-state index contributed by atoms with van der Waals surface area (Å²) in [5, 5.41) is 0. The number of fused-ring (bicyclic) bond motifs is 2. The second-order valence-corrected chi connectivity index (χ2v) is 8.54. The Morgan fingerprint density at radius 1 is 1.18 bits per heavy atom. The molecule has 0 unspecified atom stereocenters. The summed E-state index contributed by atoms with van der Waals surface area (Å²) in [6.07, 6.45) is 6.59. The molecule has 0 aromatic rings. The highest BCUT2D eigenvalue weighted by atomic mass is 32.2. The van der Waals surface area contributed by atoms with Crippen molar-refractivity contribution in [3.8, 4) is 0 Å². The maximum Gasteiger partial charge on any atom is 0.123 e. The molecule has 0 amide bonds. The van der Waals surface area contributed by atoms with Crippen molar-refractivity contribution in [2.24, 2.45) is 23.7 Å². The number of thioether (sulfide) groups is 2. The summed E-state index contributed by atoms with van der Waals surface area (Å²) in [6, 6.07) is 0. The summed E-state index contributed by atoms with van der Waals surface area (Å²) < 4.78 is 0.719. The van der Waals surface area contributed by atoms with Crippen LogP contribution in [0.25, 0.3) is 0 Å². The number of hydrogen-bond donors (Lipinski definition) is 0. The number of hydrogen-bond acceptors (Lipinski definition) is 3. The van der Waals surface area contributed by atoms with Gasteiger partial charge in [-0.1, -0.05) is 13.8 Å². The summed E-state index contributed by atoms with van der Waals surface area (Å²) in [5.74, 6) is 5.10. The fraction of sp³-hybridized carbons (Fsp3) is 0.929. The normalized spacial score (nSPS) is 35.7.